The Labute approximate surface area is 168 Å². The largest absolute Gasteiger partial charge is 0.370 e. The van der Waals surface area contributed by atoms with E-state index in [1.807, 2.05) is 66.7 Å². The number of anilines is 2. The van der Waals surface area contributed by atoms with E-state index < -0.39 is 6.04 Å². The first kappa shape index (κ1) is 18.0. The van der Waals surface area contributed by atoms with E-state index >= 15 is 0 Å². The summed E-state index contributed by atoms with van der Waals surface area (Å²) in [4.78, 5) is 17.4. The topological polar surface area (TPSA) is 54.0 Å². The average molecular weight is 388 g/mol. The molecule has 3 aromatic carbocycles. The van der Waals surface area contributed by atoms with Gasteiger partial charge in [0.05, 0.1) is 0 Å². The van der Waals surface area contributed by atoms with Crippen LogP contribution in [0.25, 0.3) is 10.8 Å². The van der Waals surface area contributed by atoms with E-state index in [2.05, 4.69) is 15.6 Å². The van der Waals surface area contributed by atoms with Crippen LogP contribution in [0.3, 0.4) is 0 Å². The number of aromatic nitrogens is 1. The van der Waals surface area contributed by atoms with Crippen molar-refractivity contribution in [3.63, 3.8) is 0 Å². The third-order valence-electron chi connectivity index (χ3n) is 4.49. The van der Waals surface area contributed by atoms with E-state index in [9.17, 15) is 4.79 Å². The van der Waals surface area contributed by atoms with Gasteiger partial charge < -0.3 is 10.6 Å². The third kappa shape index (κ3) is 3.97. The molecule has 0 saturated heterocycles. The minimum absolute atomic E-state index is 0.157. The molecule has 4 nitrogen and oxygen atoms in total. The molecule has 0 spiro atoms. The summed E-state index contributed by atoms with van der Waals surface area (Å²) in [6.07, 6.45) is 3.50. The van der Waals surface area contributed by atoms with Crippen molar-refractivity contribution in [2.45, 2.75) is 6.04 Å². The maximum absolute atomic E-state index is 13.2. The number of nitrogens with zero attached hydrogens (tertiary/aromatic N) is 1. The number of halogens is 1. The Balaban J connectivity index is 1.67. The van der Waals surface area contributed by atoms with Crippen molar-refractivity contribution in [1.82, 2.24) is 4.98 Å². The zero-order chi connectivity index (χ0) is 19.3. The Morgan fingerprint density at radius 3 is 2.46 bits per heavy atom. The molecule has 1 unspecified atom stereocenters. The van der Waals surface area contributed by atoms with Gasteiger partial charge in [-0.3, -0.25) is 9.78 Å². The minimum atomic E-state index is -0.572. The number of para-hydroxylation sites is 1. The summed E-state index contributed by atoms with van der Waals surface area (Å²) in [5.74, 6) is -0.157. The monoisotopic (exact) mass is 387 g/mol. The Bertz CT molecular complexity index is 1090. The van der Waals surface area contributed by atoms with Gasteiger partial charge >= 0.3 is 0 Å². The summed E-state index contributed by atoms with van der Waals surface area (Å²) in [6, 6.07) is 24.0. The van der Waals surface area contributed by atoms with Crippen molar-refractivity contribution in [1.29, 1.82) is 0 Å². The molecule has 4 rings (SSSR count). The zero-order valence-corrected chi connectivity index (χ0v) is 15.7. The van der Waals surface area contributed by atoms with Gasteiger partial charge in [0.25, 0.3) is 5.91 Å². The van der Waals surface area contributed by atoms with Gasteiger partial charge in [0.2, 0.25) is 0 Å². The minimum Gasteiger partial charge on any atom is -0.370 e. The molecule has 1 aromatic heterocycles. The Hall–Kier alpha value is -3.37. The van der Waals surface area contributed by atoms with Crippen LogP contribution in [0, 0.1) is 0 Å². The van der Waals surface area contributed by atoms with Crippen LogP contribution in [0.1, 0.15) is 11.6 Å². The molecular formula is C23H18ClN3O. The fourth-order valence-corrected chi connectivity index (χ4v) is 3.22. The Morgan fingerprint density at radius 1 is 0.893 bits per heavy atom. The number of amides is 1. The van der Waals surface area contributed by atoms with Crippen LogP contribution in [0.5, 0.6) is 0 Å². The predicted molar refractivity (Wildman–Crippen MR) is 115 cm³/mol. The van der Waals surface area contributed by atoms with Gasteiger partial charge in [0, 0.05) is 39.6 Å². The summed E-state index contributed by atoms with van der Waals surface area (Å²) >= 11 is 6.02. The number of rotatable bonds is 5. The second-order valence-electron chi connectivity index (χ2n) is 6.39. The van der Waals surface area contributed by atoms with Crippen molar-refractivity contribution in [2.24, 2.45) is 0 Å². The first-order valence-corrected chi connectivity index (χ1v) is 9.29. The highest BCUT2D eigenvalue weighted by molar-refractivity contribution is 6.30. The normalized spacial score (nSPS) is 11.8. The number of carbonyl (C=O) groups excluding carboxylic acids is 1. The van der Waals surface area contributed by atoms with Crippen molar-refractivity contribution >= 4 is 39.7 Å². The van der Waals surface area contributed by atoms with Crippen LogP contribution in [-0.2, 0) is 4.79 Å². The van der Waals surface area contributed by atoms with Gasteiger partial charge in [-0.25, -0.2) is 0 Å². The fraction of sp³-hybridized carbons (Fsp3) is 0.0435. The van der Waals surface area contributed by atoms with Crippen LogP contribution in [0.4, 0.5) is 11.4 Å². The smallest absolute Gasteiger partial charge is 0.251 e. The molecule has 4 aromatic rings. The van der Waals surface area contributed by atoms with Crippen molar-refractivity contribution in [3.05, 3.63) is 102 Å². The summed E-state index contributed by atoms with van der Waals surface area (Å²) in [5, 5.41) is 8.92. The molecule has 1 atom stereocenters. The van der Waals surface area contributed by atoms with Gasteiger partial charge in [-0.2, -0.15) is 0 Å². The molecule has 28 heavy (non-hydrogen) atoms. The van der Waals surface area contributed by atoms with E-state index in [1.54, 1.807) is 24.5 Å². The van der Waals surface area contributed by atoms with Crippen molar-refractivity contribution in [2.75, 3.05) is 10.6 Å². The first-order chi connectivity index (χ1) is 13.7. The van der Waals surface area contributed by atoms with Crippen LogP contribution in [0.2, 0.25) is 5.02 Å². The zero-order valence-electron chi connectivity index (χ0n) is 15.0. The van der Waals surface area contributed by atoms with Gasteiger partial charge in [0.1, 0.15) is 6.04 Å². The molecule has 0 aliphatic rings. The van der Waals surface area contributed by atoms with E-state index in [1.165, 1.54) is 0 Å². The summed E-state index contributed by atoms with van der Waals surface area (Å²) in [6.45, 7) is 0. The maximum atomic E-state index is 13.2. The van der Waals surface area contributed by atoms with Crippen LogP contribution in [-0.4, -0.2) is 10.9 Å². The van der Waals surface area contributed by atoms with E-state index in [0.29, 0.717) is 5.02 Å². The molecule has 138 valence electrons. The molecule has 0 bridgehead atoms. The standard InChI is InChI=1S/C23H18ClN3O/c24-18-11-9-16(10-12-18)22(26-19-6-2-1-3-7-19)23(28)27-21-8-4-5-17-15-25-14-13-20(17)21/h1-15,22,26H,(H,27,28). The average Bonchev–Trinajstić information content (AvgIpc) is 2.74. The van der Waals surface area contributed by atoms with Gasteiger partial charge in [-0.05, 0) is 42.0 Å². The number of carbonyl (C=O) groups is 1. The van der Waals surface area contributed by atoms with E-state index in [4.69, 9.17) is 11.6 Å². The maximum Gasteiger partial charge on any atom is 0.251 e. The van der Waals surface area contributed by atoms with Gasteiger partial charge in [-0.15, -0.1) is 0 Å². The molecule has 5 heteroatoms. The lowest BCUT2D eigenvalue weighted by molar-refractivity contribution is -0.117. The number of pyridine rings is 1. The van der Waals surface area contributed by atoms with E-state index in [0.717, 1.165) is 27.7 Å². The number of nitrogens with one attached hydrogen (secondary N) is 2. The Morgan fingerprint density at radius 2 is 1.68 bits per heavy atom. The van der Waals surface area contributed by atoms with Crippen LogP contribution < -0.4 is 10.6 Å². The molecule has 1 heterocycles. The van der Waals surface area contributed by atoms with Crippen molar-refractivity contribution in [3.8, 4) is 0 Å². The second-order valence-corrected chi connectivity index (χ2v) is 6.82. The molecule has 2 N–H and O–H groups in total. The second kappa shape index (κ2) is 8.11. The molecule has 0 radical (unpaired) electrons. The highest BCUT2D eigenvalue weighted by Crippen LogP contribution is 2.26. The van der Waals surface area contributed by atoms with Gasteiger partial charge in [-0.1, -0.05) is 54.1 Å². The lowest BCUT2D eigenvalue weighted by Crippen LogP contribution is -2.27. The lowest BCUT2D eigenvalue weighted by Gasteiger charge is -2.20. The number of hydrogen-bond acceptors (Lipinski definition) is 3. The summed E-state index contributed by atoms with van der Waals surface area (Å²) < 4.78 is 0. The summed E-state index contributed by atoms with van der Waals surface area (Å²) in [5.41, 5.74) is 2.44. The summed E-state index contributed by atoms with van der Waals surface area (Å²) in [7, 11) is 0. The third-order valence-corrected chi connectivity index (χ3v) is 4.74. The van der Waals surface area contributed by atoms with Gasteiger partial charge in [0.15, 0.2) is 0 Å². The van der Waals surface area contributed by atoms with E-state index in [-0.39, 0.29) is 5.91 Å². The number of fused-ring (bicyclic) bond motifs is 1. The molecule has 0 aliphatic heterocycles. The highest BCUT2D eigenvalue weighted by atomic mass is 35.5. The lowest BCUT2D eigenvalue weighted by atomic mass is 10.0. The quantitative estimate of drug-likeness (QED) is 0.463. The molecular weight excluding hydrogens is 370 g/mol. The number of benzene rings is 3. The predicted octanol–water partition coefficient (Wildman–Crippen LogP) is 5.68. The number of hydrogen-bond donors (Lipinski definition) is 2. The first-order valence-electron chi connectivity index (χ1n) is 8.91. The highest BCUT2D eigenvalue weighted by Gasteiger charge is 2.21. The fourth-order valence-electron chi connectivity index (χ4n) is 3.09. The van der Waals surface area contributed by atoms with Crippen LogP contribution in [0.15, 0.2) is 91.3 Å². The molecule has 0 fully saturated rings. The molecule has 0 aliphatic carbocycles. The molecule has 0 saturated carbocycles. The Kier molecular flexibility index (Phi) is 5.22. The van der Waals surface area contributed by atoms with Crippen molar-refractivity contribution < 1.29 is 4.79 Å². The van der Waals surface area contributed by atoms with Crippen LogP contribution >= 0.6 is 11.6 Å². The molecule has 1 amide bonds. The SMILES string of the molecule is O=C(Nc1cccc2cnccc12)C(Nc1ccccc1)c1ccc(Cl)cc1.